The van der Waals surface area contributed by atoms with Gasteiger partial charge in [0.05, 0.1) is 6.42 Å². The van der Waals surface area contributed by atoms with Gasteiger partial charge >= 0.3 is 5.97 Å². The Bertz CT molecular complexity index is 300. The van der Waals surface area contributed by atoms with Gasteiger partial charge in [-0.15, -0.1) is 0 Å². The molecule has 0 aromatic carbocycles. The largest absolute Gasteiger partial charge is 0.481 e. The number of likely N-dealkylation sites (tertiary alicyclic amines) is 2. The zero-order valence-corrected chi connectivity index (χ0v) is 10.1. The van der Waals surface area contributed by atoms with Crippen LogP contribution in [0.2, 0.25) is 0 Å². The summed E-state index contributed by atoms with van der Waals surface area (Å²) in [6.07, 6.45) is 3.66. The number of hydrogen-bond donors (Lipinski definition) is 1. The van der Waals surface area contributed by atoms with Crippen LogP contribution in [-0.2, 0) is 9.59 Å². The number of rotatable bonds is 4. The normalized spacial score (nSPS) is 25.4. The monoisotopic (exact) mass is 240 g/mol. The Morgan fingerprint density at radius 2 is 1.82 bits per heavy atom. The van der Waals surface area contributed by atoms with E-state index in [2.05, 4.69) is 4.90 Å². The molecular formula is C12H20N2O3. The van der Waals surface area contributed by atoms with Crippen LogP contribution in [0.25, 0.3) is 0 Å². The molecule has 2 saturated heterocycles. The Balaban J connectivity index is 1.76. The van der Waals surface area contributed by atoms with E-state index in [4.69, 9.17) is 5.11 Å². The first-order valence-corrected chi connectivity index (χ1v) is 6.40. The Hall–Kier alpha value is -1.10. The van der Waals surface area contributed by atoms with E-state index in [0.717, 1.165) is 32.6 Å². The molecular weight excluding hydrogens is 220 g/mol. The minimum absolute atomic E-state index is 0.00547. The highest BCUT2D eigenvalue weighted by Crippen LogP contribution is 2.20. The molecule has 2 heterocycles. The summed E-state index contributed by atoms with van der Waals surface area (Å²) in [7, 11) is 0. The van der Waals surface area contributed by atoms with E-state index in [1.807, 2.05) is 4.90 Å². The van der Waals surface area contributed by atoms with Gasteiger partial charge in [-0.2, -0.15) is 0 Å². The minimum atomic E-state index is -0.895. The lowest BCUT2D eigenvalue weighted by molar-refractivity contribution is -0.140. The van der Waals surface area contributed by atoms with Gasteiger partial charge in [0.2, 0.25) is 5.91 Å². The van der Waals surface area contributed by atoms with Gasteiger partial charge in [-0.1, -0.05) is 0 Å². The fourth-order valence-electron chi connectivity index (χ4n) is 2.75. The number of carboxylic acid groups (broad SMARTS) is 1. The second kappa shape index (κ2) is 5.49. The van der Waals surface area contributed by atoms with Gasteiger partial charge in [0, 0.05) is 25.6 Å². The highest BCUT2D eigenvalue weighted by Gasteiger charge is 2.31. The molecule has 17 heavy (non-hydrogen) atoms. The number of hydrogen-bond acceptors (Lipinski definition) is 3. The van der Waals surface area contributed by atoms with Gasteiger partial charge in [-0.3, -0.25) is 14.5 Å². The molecule has 2 aliphatic rings. The predicted molar refractivity (Wildman–Crippen MR) is 62.7 cm³/mol. The van der Waals surface area contributed by atoms with Gasteiger partial charge in [0.25, 0.3) is 0 Å². The maximum absolute atomic E-state index is 11.8. The molecule has 1 unspecified atom stereocenters. The summed E-state index contributed by atoms with van der Waals surface area (Å²) in [6.45, 7) is 3.89. The topological polar surface area (TPSA) is 60.9 Å². The van der Waals surface area contributed by atoms with Crippen LogP contribution < -0.4 is 0 Å². The molecule has 0 radical (unpaired) electrons. The highest BCUT2D eigenvalue weighted by molar-refractivity contribution is 5.80. The maximum atomic E-state index is 11.8. The number of carbonyl (C=O) groups excluding carboxylic acids is 1. The first-order chi connectivity index (χ1) is 8.16. The van der Waals surface area contributed by atoms with Crippen LogP contribution in [0.1, 0.15) is 32.1 Å². The van der Waals surface area contributed by atoms with Crippen LogP contribution >= 0.6 is 0 Å². The SMILES string of the molecule is O=C(O)CCC(=O)N1CCC(N2CCCC2)C1. The van der Waals surface area contributed by atoms with Crippen LogP contribution in [0.5, 0.6) is 0 Å². The standard InChI is InChI=1S/C12H20N2O3/c15-11(3-4-12(16)17)14-8-5-10(9-14)13-6-1-2-7-13/h10H,1-9H2,(H,16,17). The number of carboxylic acids is 1. The zero-order chi connectivity index (χ0) is 12.3. The van der Waals surface area contributed by atoms with E-state index < -0.39 is 5.97 Å². The molecule has 5 nitrogen and oxygen atoms in total. The molecule has 2 aliphatic heterocycles. The summed E-state index contributed by atoms with van der Waals surface area (Å²) in [5, 5.41) is 8.55. The number of carbonyl (C=O) groups is 2. The molecule has 0 aliphatic carbocycles. The molecule has 1 atom stereocenters. The number of nitrogens with zero attached hydrogens (tertiary/aromatic N) is 2. The van der Waals surface area contributed by atoms with E-state index in [1.165, 1.54) is 12.8 Å². The van der Waals surface area contributed by atoms with E-state index >= 15 is 0 Å². The summed E-state index contributed by atoms with van der Waals surface area (Å²) >= 11 is 0. The summed E-state index contributed by atoms with van der Waals surface area (Å²) in [6, 6.07) is 0.506. The van der Waals surface area contributed by atoms with Crippen molar-refractivity contribution in [2.75, 3.05) is 26.2 Å². The Kier molecular flexibility index (Phi) is 3.99. The van der Waals surface area contributed by atoms with Crippen molar-refractivity contribution in [3.8, 4) is 0 Å². The molecule has 0 spiro atoms. The van der Waals surface area contributed by atoms with E-state index in [0.29, 0.717) is 6.04 Å². The minimum Gasteiger partial charge on any atom is -0.481 e. The van der Waals surface area contributed by atoms with Crippen molar-refractivity contribution < 1.29 is 14.7 Å². The van der Waals surface area contributed by atoms with Crippen molar-refractivity contribution in [1.29, 1.82) is 0 Å². The molecule has 96 valence electrons. The van der Waals surface area contributed by atoms with Gasteiger partial charge < -0.3 is 10.0 Å². The third kappa shape index (κ3) is 3.19. The summed E-state index contributed by atoms with van der Waals surface area (Å²) in [5.41, 5.74) is 0. The van der Waals surface area contributed by atoms with Crippen LogP contribution in [0, 0.1) is 0 Å². The Morgan fingerprint density at radius 1 is 1.12 bits per heavy atom. The van der Waals surface area contributed by atoms with E-state index in [1.54, 1.807) is 0 Å². The molecule has 1 N–H and O–H groups in total. The second-order valence-electron chi connectivity index (χ2n) is 4.92. The number of amides is 1. The predicted octanol–water partition coefficient (Wildman–Crippen LogP) is 0.548. The molecule has 0 aromatic rings. The van der Waals surface area contributed by atoms with Crippen LogP contribution in [-0.4, -0.2) is 59.0 Å². The first-order valence-electron chi connectivity index (χ1n) is 6.40. The molecule has 1 amide bonds. The van der Waals surface area contributed by atoms with Crippen molar-refractivity contribution in [3.63, 3.8) is 0 Å². The Morgan fingerprint density at radius 3 is 2.47 bits per heavy atom. The highest BCUT2D eigenvalue weighted by atomic mass is 16.4. The molecule has 0 bridgehead atoms. The molecule has 0 saturated carbocycles. The second-order valence-corrected chi connectivity index (χ2v) is 4.92. The Labute approximate surface area is 101 Å². The summed E-state index contributed by atoms with van der Waals surface area (Å²) in [5.74, 6) is -0.900. The maximum Gasteiger partial charge on any atom is 0.303 e. The van der Waals surface area contributed by atoms with Crippen molar-refractivity contribution in [1.82, 2.24) is 9.80 Å². The smallest absolute Gasteiger partial charge is 0.303 e. The molecule has 0 aromatic heterocycles. The van der Waals surface area contributed by atoms with Gasteiger partial charge in [0.1, 0.15) is 0 Å². The average molecular weight is 240 g/mol. The lowest BCUT2D eigenvalue weighted by Crippen LogP contribution is -2.37. The summed E-state index contributed by atoms with van der Waals surface area (Å²) in [4.78, 5) is 26.5. The van der Waals surface area contributed by atoms with Crippen LogP contribution in [0.15, 0.2) is 0 Å². The van der Waals surface area contributed by atoms with Crippen LogP contribution in [0.3, 0.4) is 0 Å². The first kappa shape index (κ1) is 12.4. The van der Waals surface area contributed by atoms with Gasteiger partial charge in [-0.05, 0) is 32.4 Å². The fraction of sp³-hybridized carbons (Fsp3) is 0.833. The lowest BCUT2D eigenvalue weighted by Gasteiger charge is -2.23. The molecule has 2 fully saturated rings. The summed E-state index contributed by atoms with van der Waals surface area (Å²) < 4.78 is 0. The van der Waals surface area contributed by atoms with Crippen LogP contribution in [0.4, 0.5) is 0 Å². The van der Waals surface area contributed by atoms with Crippen molar-refractivity contribution in [2.24, 2.45) is 0 Å². The average Bonchev–Trinajstić information content (AvgIpc) is 2.94. The zero-order valence-electron chi connectivity index (χ0n) is 10.1. The third-order valence-electron chi connectivity index (χ3n) is 3.73. The van der Waals surface area contributed by atoms with Crippen molar-refractivity contribution in [2.45, 2.75) is 38.1 Å². The number of aliphatic carboxylic acids is 1. The van der Waals surface area contributed by atoms with E-state index in [9.17, 15) is 9.59 Å². The lowest BCUT2D eigenvalue weighted by atomic mass is 10.2. The third-order valence-corrected chi connectivity index (χ3v) is 3.73. The molecule has 5 heteroatoms. The van der Waals surface area contributed by atoms with Crippen molar-refractivity contribution >= 4 is 11.9 Å². The van der Waals surface area contributed by atoms with E-state index in [-0.39, 0.29) is 18.7 Å². The fourth-order valence-corrected chi connectivity index (χ4v) is 2.75. The van der Waals surface area contributed by atoms with Gasteiger partial charge in [0.15, 0.2) is 0 Å². The van der Waals surface area contributed by atoms with Crippen molar-refractivity contribution in [3.05, 3.63) is 0 Å². The van der Waals surface area contributed by atoms with Gasteiger partial charge in [-0.25, -0.2) is 0 Å². The quantitative estimate of drug-likeness (QED) is 0.779. The molecule has 2 rings (SSSR count).